The Morgan fingerprint density at radius 3 is 2.80 bits per heavy atom. The molecule has 0 aliphatic heterocycles. The van der Waals surface area contributed by atoms with Gasteiger partial charge in [-0.15, -0.1) is 11.8 Å². The van der Waals surface area contributed by atoms with Gasteiger partial charge in [-0.25, -0.2) is 0 Å². The number of amides is 1. The molecule has 1 unspecified atom stereocenters. The lowest BCUT2D eigenvalue weighted by atomic mass is 10.0. The maximum absolute atomic E-state index is 11.9. The zero-order valence-electron chi connectivity index (χ0n) is 11.8. The van der Waals surface area contributed by atoms with Crippen LogP contribution in [0.1, 0.15) is 26.7 Å². The number of carbonyl (C=O) groups is 1. The molecule has 0 bridgehead atoms. The van der Waals surface area contributed by atoms with Gasteiger partial charge in [0, 0.05) is 17.1 Å². The number of anilines is 1. The van der Waals surface area contributed by atoms with E-state index in [0.717, 1.165) is 10.6 Å². The topological polar surface area (TPSA) is 73.1 Å². The smallest absolute Gasteiger partial charge is 0.227 e. The molecule has 1 atom stereocenters. The van der Waals surface area contributed by atoms with E-state index in [4.69, 9.17) is 5.26 Å². The first-order valence-corrected chi connectivity index (χ1v) is 7.60. The highest BCUT2D eigenvalue weighted by atomic mass is 32.2. The molecule has 1 aromatic rings. The molecule has 108 valence electrons. The van der Waals surface area contributed by atoms with E-state index < -0.39 is 6.10 Å². The van der Waals surface area contributed by atoms with Gasteiger partial charge in [-0.2, -0.15) is 5.26 Å². The van der Waals surface area contributed by atoms with E-state index in [9.17, 15) is 9.90 Å². The fourth-order valence-corrected chi connectivity index (χ4v) is 2.39. The summed E-state index contributed by atoms with van der Waals surface area (Å²) >= 11 is 1.54. The molecule has 0 saturated heterocycles. The summed E-state index contributed by atoms with van der Waals surface area (Å²) in [7, 11) is 0. The summed E-state index contributed by atoms with van der Waals surface area (Å²) in [5, 5.41) is 21.1. The highest BCUT2D eigenvalue weighted by Crippen LogP contribution is 2.27. The zero-order chi connectivity index (χ0) is 15.0. The summed E-state index contributed by atoms with van der Waals surface area (Å²) in [6.07, 6.45) is -0.0677. The number of nitrogens with one attached hydrogen (secondary N) is 1. The fourth-order valence-electron chi connectivity index (χ4n) is 1.53. The molecule has 2 N–H and O–H groups in total. The molecule has 0 aromatic heterocycles. The lowest BCUT2D eigenvalue weighted by molar-refractivity contribution is -0.118. The van der Waals surface area contributed by atoms with E-state index in [-0.39, 0.29) is 18.2 Å². The second-order valence-corrected chi connectivity index (χ2v) is 5.95. The van der Waals surface area contributed by atoms with Crippen molar-refractivity contribution in [3.05, 3.63) is 24.3 Å². The Morgan fingerprint density at radius 2 is 2.15 bits per heavy atom. The average molecular weight is 292 g/mol. The Bertz CT molecular complexity index is 483. The van der Waals surface area contributed by atoms with Gasteiger partial charge in [-0.05, 0) is 18.1 Å². The van der Waals surface area contributed by atoms with Gasteiger partial charge in [-0.3, -0.25) is 4.79 Å². The van der Waals surface area contributed by atoms with Gasteiger partial charge in [0.15, 0.2) is 0 Å². The monoisotopic (exact) mass is 292 g/mol. The van der Waals surface area contributed by atoms with Crippen molar-refractivity contribution < 1.29 is 9.90 Å². The number of rotatable bonds is 7. The van der Waals surface area contributed by atoms with Crippen molar-refractivity contribution >= 4 is 23.4 Å². The van der Waals surface area contributed by atoms with Gasteiger partial charge in [-0.1, -0.05) is 26.0 Å². The summed E-state index contributed by atoms with van der Waals surface area (Å²) in [4.78, 5) is 12.8. The van der Waals surface area contributed by atoms with Gasteiger partial charge in [0.2, 0.25) is 5.91 Å². The van der Waals surface area contributed by atoms with Crippen LogP contribution in [0, 0.1) is 17.2 Å². The number of aliphatic hydroxyl groups is 1. The molecule has 0 radical (unpaired) electrons. The third-order valence-corrected chi connectivity index (χ3v) is 3.87. The quantitative estimate of drug-likeness (QED) is 0.598. The predicted molar refractivity (Wildman–Crippen MR) is 81.5 cm³/mol. The van der Waals surface area contributed by atoms with Crippen LogP contribution in [0.2, 0.25) is 0 Å². The van der Waals surface area contributed by atoms with E-state index in [2.05, 4.69) is 11.4 Å². The molecule has 0 aliphatic carbocycles. The van der Waals surface area contributed by atoms with Crippen molar-refractivity contribution in [3.8, 4) is 6.07 Å². The Balaban J connectivity index is 2.62. The molecule has 0 aliphatic rings. The molecular formula is C15H20N2O2S. The van der Waals surface area contributed by atoms with Gasteiger partial charge in [0.05, 0.1) is 24.3 Å². The average Bonchev–Trinajstić information content (AvgIpc) is 2.40. The maximum atomic E-state index is 11.9. The number of thioether (sulfide) groups is 1. The minimum absolute atomic E-state index is 0.0565. The molecule has 4 nitrogen and oxygen atoms in total. The van der Waals surface area contributed by atoms with Crippen LogP contribution in [0.5, 0.6) is 0 Å². The van der Waals surface area contributed by atoms with Crippen molar-refractivity contribution in [3.63, 3.8) is 0 Å². The van der Waals surface area contributed by atoms with Crippen LogP contribution in [0.25, 0.3) is 0 Å². The molecule has 1 amide bonds. The van der Waals surface area contributed by atoms with Crippen LogP contribution in [0.4, 0.5) is 5.69 Å². The summed E-state index contributed by atoms with van der Waals surface area (Å²) in [5.74, 6) is 0.554. The van der Waals surface area contributed by atoms with Crippen molar-refractivity contribution in [1.29, 1.82) is 5.26 Å². The standard InChI is InChI=1S/C15H20N2O2S/c1-11(2)13(18)10-15(19)17-12-6-3-4-7-14(12)20-9-5-8-16/h3-4,6-7,11,13,18H,5,9-10H2,1-2H3,(H,17,19). The number of benzene rings is 1. The first-order chi connectivity index (χ1) is 9.54. The highest BCUT2D eigenvalue weighted by molar-refractivity contribution is 7.99. The predicted octanol–water partition coefficient (Wildman–Crippen LogP) is 3.04. The zero-order valence-corrected chi connectivity index (χ0v) is 12.6. The Hall–Kier alpha value is -1.51. The normalized spacial score (nSPS) is 11.9. The lowest BCUT2D eigenvalue weighted by Gasteiger charge is -2.15. The minimum atomic E-state index is -0.631. The largest absolute Gasteiger partial charge is 0.392 e. The van der Waals surface area contributed by atoms with Gasteiger partial charge < -0.3 is 10.4 Å². The van der Waals surface area contributed by atoms with E-state index in [1.807, 2.05) is 38.1 Å². The number of aliphatic hydroxyl groups excluding tert-OH is 1. The molecular weight excluding hydrogens is 272 g/mol. The number of carbonyl (C=O) groups excluding carboxylic acids is 1. The Labute approximate surface area is 124 Å². The van der Waals surface area contributed by atoms with Crippen molar-refractivity contribution in [1.82, 2.24) is 0 Å². The molecule has 1 rings (SSSR count). The third kappa shape index (κ3) is 5.64. The summed E-state index contributed by atoms with van der Waals surface area (Å²) < 4.78 is 0. The molecule has 20 heavy (non-hydrogen) atoms. The number of hydrogen-bond acceptors (Lipinski definition) is 4. The molecule has 0 fully saturated rings. The van der Waals surface area contributed by atoms with E-state index in [1.165, 1.54) is 11.8 Å². The van der Waals surface area contributed by atoms with Crippen LogP contribution in [-0.4, -0.2) is 22.9 Å². The van der Waals surface area contributed by atoms with Gasteiger partial charge in [0.25, 0.3) is 0 Å². The third-order valence-electron chi connectivity index (χ3n) is 2.80. The van der Waals surface area contributed by atoms with E-state index in [0.29, 0.717) is 12.2 Å². The van der Waals surface area contributed by atoms with E-state index in [1.54, 1.807) is 0 Å². The maximum Gasteiger partial charge on any atom is 0.227 e. The molecule has 5 heteroatoms. The van der Waals surface area contributed by atoms with Crippen LogP contribution in [0.15, 0.2) is 29.2 Å². The molecule has 0 saturated carbocycles. The summed E-state index contributed by atoms with van der Waals surface area (Å²) in [6.45, 7) is 3.76. The highest BCUT2D eigenvalue weighted by Gasteiger charge is 2.15. The van der Waals surface area contributed by atoms with Crippen LogP contribution in [0.3, 0.4) is 0 Å². The molecule has 1 aromatic carbocycles. The van der Waals surface area contributed by atoms with Crippen molar-refractivity contribution in [2.45, 2.75) is 37.7 Å². The Morgan fingerprint density at radius 1 is 1.45 bits per heavy atom. The Kier molecular flexibility index (Phi) is 7.13. The van der Waals surface area contributed by atoms with E-state index >= 15 is 0 Å². The fraction of sp³-hybridized carbons (Fsp3) is 0.467. The minimum Gasteiger partial charge on any atom is -0.392 e. The summed E-state index contributed by atoms with van der Waals surface area (Å²) in [6, 6.07) is 9.58. The number of nitrogens with zero attached hydrogens (tertiary/aromatic N) is 1. The number of para-hydroxylation sites is 1. The number of hydrogen-bond donors (Lipinski definition) is 2. The lowest BCUT2D eigenvalue weighted by Crippen LogP contribution is -2.23. The SMILES string of the molecule is CC(C)C(O)CC(=O)Nc1ccccc1SCCC#N. The number of nitriles is 1. The molecule has 0 heterocycles. The second kappa shape index (κ2) is 8.62. The van der Waals surface area contributed by atoms with Crippen molar-refractivity contribution in [2.24, 2.45) is 5.92 Å². The van der Waals surface area contributed by atoms with Crippen LogP contribution < -0.4 is 5.32 Å². The van der Waals surface area contributed by atoms with Crippen LogP contribution >= 0.6 is 11.8 Å². The van der Waals surface area contributed by atoms with Crippen molar-refractivity contribution in [2.75, 3.05) is 11.1 Å². The first kappa shape index (κ1) is 16.5. The summed E-state index contributed by atoms with van der Waals surface area (Å²) in [5.41, 5.74) is 0.733. The molecule has 0 spiro atoms. The second-order valence-electron chi connectivity index (χ2n) is 4.82. The van der Waals surface area contributed by atoms with Crippen LogP contribution in [-0.2, 0) is 4.79 Å². The van der Waals surface area contributed by atoms with Gasteiger partial charge >= 0.3 is 0 Å². The first-order valence-electron chi connectivity index (χ1n) is 6.61. The van der Waals surface area contributed by atoms with Gasteiger partial charge in [0.1, 0.15) is 0 Å².